The van der Waals surface area contributed by atoms with Gasteiger partial charge in [-0.15, -0.1) is 0 Å². The van der Waals surface area contributed by atoms with Crippen molar-refractivity contribution < 1.29 is 19.1 Å². The van der Waals surface area contributed by atoms with E-state index in [-0.39, 0.29) is 5.91 Å². The van der Waals surface area contributed by atoms with E-state index in [9.17, 15) is 9.59 Å². The van der Waals surface area contributed by atoms with Crippen molar-refractivity contribution >= 4 is 11.9 Å². The number of rotatable bonds is 5. The molecule has 1 heterocycles. The van der Waals surface area contributed by atoms with Gasteiger partial charge in [-0.25, -0.2) is 4.79 Å². The molecule has 2 atom stereocenters. The van der Waals surface area contributed by atoms with Crippen LogP contribution >= 0.6 is 0 Å². The zero-order valence-corrected chi connectivity index (χ0v) is 11.5. The number of hydrogen-bond donors (Lipinski definition) is 1. The first-order valence-electron chi connectivity index (χ1n) is 6.74. The third-order valence-electron chi connectivity index (χ3n) is 3.31. The van der Waals surface area contributed by atoms with Gasteiger partial charge in [-0.2, -0.15) is 0 Å². The molecule has 1 aliphatic rings. The molecule has 1 aromatic rings. The number of carbonyl (C=O) groups excluding carboxylic acids is 2. The van der Waals surface area contributed by atoms with E-state index in [4.69, 9.17) is 9.47 Å². The molecule has 0 bridgehead atoms. The lowest BCUT2D eigenvalue weighted by Crippen LogP contribution is -2.47. The van der Waals surface area contributed by atoms with Gasteiger partial charge in [0.2, 0.25) is 5.91 Å². The number of hydrogen-bond acceptors (Lipinski definition) is 4. The summed E-state index contributed by atoms with van der Waals surface area (Å²) < 4.78 is 10.1. The van der Waals surface area contributed by atoms with Crippen molar-refractivity contribution in [1.82, 2.24) is 5.32 Å². The second-order valence-corrected chi connectivity index (χ2v) is 4.78. The number of nitrogens with one attached hydrogen (secondary N) is 1. The second-order valence-electron chi connectivity index (χ2n) is 4.78. The molecule has 20 heavy (non-hydrogen) atoms. The minimum Gasteiger partial charge on any atom is -0.467 e. The van der Waals surface area contributed by atoms with E-state index >= 15 is 0 Å². The SMILES string of the molecule is COC(=O)[C@H](Cc1ccccc1)NC(=O)[C@@H]1CCCO1. The van der Waals surface area contributed by atoms with Crippen LogP contribution in [0.3, 0.4) is 0 Å². The molecule has 108 valence electrons. The summed E-state index contributed by atoms with van der Waals surface area (Å²) in [6.45, 7) is 0.597. The Balaban J connectivity index is 2.00. The average Bonchev–Trinajstić information content (AvgIpc) is 3.01. The lowest BCUT2D eigenvalue weighted by Gasteiger charge is -2.18. The Hall–Kier alpha value is -1.88. The predicted octanol–water partition coefficient (Wildman–Crippen LogP) is 1.07. The van der Waals surface area contributed by atoms with Crippen LogP contribution in [0, 0.1) is 0 Å². The molecule has 0 aromatic heterocycles. The molecule has 1 N–H and O–H groups in total. The fourth-order valence-electron chi connectivity index (χ4n) is 2.23. The monoisotopic (exact) mass is 277 g/mol. The fourth-order valence-corrected chi connectivity index (χ4v) is 2.23. The van der Waals surface area contributed by atoms with Crippen LogP contribution in [0.5, 0.6) is 0 Å². The number of methoxy groups -OCH3 is 1. The number of esters is 1. The molecule has 1 fully saturated rings. The first-order chi connectivity index (χ1) is 9.70. The molecule has 5 nitrogen and oxygen atoms in total. The third kappa shape index (κ3) is 3.81. The Morgan fingerprint density at radius 2 is 2.15 bits per heavy atom. The van der Waals surface area contributed by atoms with Crippen molar-refractivity contribution in [2.45, 2.75) is 31.4 Å². The third-order valence-corrected chi connectivity index (χ3v) is 3.31. The van der Waals surface area contributed by atoms with Crippen LogP contribution < -0.4 is 5.32 Å². The van der Waals surface area contributed by atoms with Gasteiger partial charge in [0.25, 0.3) is 0 Å². The highest BCUT2D eigenvalue weighted by Gasteiger charge is 2.28. The fraction of sp³-hybridized carbons (Fsp3) is 0.467. The summed E-state index contributed by atoms with van der Waals surface area (Å²) in [4.78, 5) is 23.8. The summed E-state index contributed by atoms with van der Waals surface area (Å²) in [6, 6.07) is 8.83. The van der Waals surface area contributed by atoms with Gasteiger partial charge in [-0.05, 0) is 18.4 Å². The molecule has 1 saturated heterocycles. The van der Waals surface area contributed by atoms with Crippen molar-refractivity contribution in [2.24, 2.45) is 0 Å². The molecule has 1 amide bonds. The van der Waals surface area contributed by atoms with E-state index in [1.807, 2.05) is 30.3 Å². The van der Waals surface area contributed by atoms with E-state index in [1.54, 1.807) is 0 Å². The lowest BCUT2D eigenvalue weighted by molar-refractivity contribution is -0.146. The standard InChI is InChI=1S/C15H19NO4/c1-19-15(18)12(10-11-6-3-2-4-7-11)16-14(17)13-8-5-9-20-13/h2-4,6-7,12-13H,5,8-10H2,1H3,(H,16,17)/t12-,13-/m0/s1. The predicted molar refractivity (Wildman–Crippen MR) is 73.1 cm³/mol. The van der Waals surface area contributed by atoms with E-state index < -0.39 is 18.1 Å². The molecular formula is C15H19NO4. The van der Waals surface area contributed by atoms with Crippen LogP contribution in [-0.4, -0.2) is 37.7 Å². The van der Waals surface area contributed by atoms with E-state index in [1.165, 1.54) is 7.11 Å². The normalized spacial score (nSPS) is 19.4. The quantitative estimate of drug-likeness (QED) is 0.818. The number of ether oxygens (including phenoxy) is 2. The van der Waals surface area contributed by atoms with Crippen LogP contribution in [0.1, 0.15) is 18.4 Å². The molecule has 0 saturated carbocycles. The maximum absolute atomic E-state index is 12.0. The largest absolute Gasteiger partial charge is 0.467 e. The first-order valence-corrected chi connectivity index (χ1v) is 6.74. The van der Waals surface area contributed by atoms with Crippen molar-refractivity contribution in [1.29, 1.82) is 0 Å². The minimum atomic E-state index is -0.681. The van der Waals surface area contributed by atoms with Gasteiger partial charge in [0.15, 0.2) is 0 Å². The maximum Gasteiger partial charge on any atom is 0.328 e. The zero-order chi connectivity index (χ0) is 14.4. The highest BCUT2D eigenvalue weighted by molar-refractivity contribution is 5.87. The topological polar surface area (TPSA) is 64.6 Å². The van der Waals surface area contributed by atoms with Crippen molar-refractivity contribution in [3.8, 4) is 0 Å². The summed E-state index contributed by atoms with van der Waals surface area (Å²) >= 11 is 0. The van der Waals surface area contributed by atoms with Crippen LogP contribution in [0.15, 0.2) is 30.3 Å². The Kier molecular flexibility index (Phi) is 5.12. The second kappa shape index (κ2) is 7.05. The van der Waals surface area contributed by atoms with Gasteiger partial charge in [0.05, 0.1) is 7.11 Å². The van der Waals surface area contributed by atoms with Gasteiger partial charge < -0.3 is 14.8 Å². The van der Waals surface area contributed by atoms with Crippen LogP contribution in [0.4, 0.5) is 0 Å². The number of amides is 1. The number of carbonyl (C=O) groups is 2. The van der Waals surface area contributed by atoms with Crippen molar-refractivity contribution in [3.63, 3.8) is 0 Å². The van der Waals surface area contributed by atoms with E-state index in [0.717, 1.165) is 12.0 Å². The van der Waals surface area contributed by atoms with Crippen molar-refractivity contribution in [2.75, 3.05) is 13.7 Å². The van der Waals surface area contributed by atoms with Crippen molar-refractivity contribution in [3.05, 3.63) is 35.9 Å². The van der Waals surface area contributed by atoms with E-state index in [2.05, 4.69) is 5.32 Å². The molecular weight excluding hydrogens is 258 g/mol. The minimum absolute atomic E-state index is 0.242. The first kappa shape index (κ1) is 14.5. The van der Waals surface area contributed by atoms with Gasteiger partial charge in [0.1, 0.15) is 12.1 Å². The molecule has 0 aliphatic carbocycles. The number of benzene rings is 1. The Morgan fingerprint density at radius 3 is 2.75 bits per heavy atom. The molecule has 2 rings (SSSR count). The van der Waals surface area contributed by atoms with Gasteiger partial charge in [0, 0.05) is 13.0 Å². The molecule has 1 aromatic carbocycles. The van der Waals surface area contributed by atoms with Gasteiger partial charge in [-0.1, -0.05) is 30.3 Å². The smallest absolute Gasteiger partial charge is 0.328 e. The summed E-state index contributed by atoms with van der Waals surface area (Å²) in [5, 5.41) is 2.72. The Bertz CT molecular complexity index is 454. The van der Waals surface area contributed by atoms with Gasteiger partial charge >= 0.3 is 5.97 Å². The Labute approximate surface area is 118 Å². The maximum atomic E-state index is 12.0. The van der Waals surface area contributed by atoms with Crippen LogP contribution in [-0.2, 0) is 25.5 Å². The van der Waals surface area contributed by atoms with E-state index in [0.29, 0.717) is 19.4 Å². The highest BCUT2D eigenvalue weighted by Crippen LogP contribution is 2.13. The summed E-state index contributed by atoms with van der Waals surface area (Å²) in [5.74, 6) is -0.686. The van der Waals surface area contributed by atoms with Crippen LogP contribution in [0.2, 0.25) is 0 Å². The Morgan fingerprint density at radius 1 is 1.40 bits per heavy atom. The molecule has 0 spiro atoms. The summed E-state index contributed by atoms with van der Waals surface area (Å²) in [7, 11) is 1.32. The summed E-state index contributed by atoms with van der Waals surface area (Å²) in [5.41, 5.74) is 0.968. The lowest BCUT2D eigenvalue weighted by atomic mass is 10.1. The molecule has 1 aliphatic heterocycles. The average molecular weight is 277 g/mol. The van der Waals surface area contributed by atoms with Gasteiger partial charge in [-0.3, -0.25) is 4.79 Å². The zero-order valence-electron chi connectivity index (χ0n) is 11.5. The molecule has 0 unspecified atom stereocenters. The van der Waals surface area contributed by atoms with Crippen LogP contribution in [0.25, 0.3) is 0 Å². The summed E-state index contributed by atoms with van der Waals surface area (Å²) in [6.07, 6.45) is 1.54. The molecule has 0 radical (unpaired) electrons. The highest BCUT2D eigenvalue weighted by atomic mass is 16.5. The molecule has 5 heteroatoms.